The second-order valence-corrected chi connectivity index (χ2v) is 4.96. The normalized spacial score (nSPS) is 10.4. The SMILES string of the molecule is Cn1ccc(C(=O)c2ncc(Br)cc2Br)n1. The maximum atomic E-state index is 12.0. The van der Waals surface area contributed by atoms with Crippen LogP contribution in [0.2, 0.25) is 0 Å². The second-order valence-electron chi connectivity index (χ2n) is 3.19. The van der Waals surface area contributed by atoms with Gasteiger partial charge in [0.25, 0.3) is 0 Å². The number of carbonyl (C=O) groups is 1. The molecule has 0 fully saturated rings. The standard InChI is InChI=1S/C10H7Br2N3O/c1-15-3-2-8(14-15)10(16)9-7(12)4-6(11)5-13-9/h2-5H,1H3. The third-order valence-electron chi connectivity index (χ3n) is 1.97. The summed E-state index contributed by atoms with van der Waals surface area (Å²) < 4.78 is 3.05. The summed E-state index contributed by atoms with van der Waals surface area (Å²) in [6.45, 7) is 0. The van der Waals surface area contributed by atoms with Gasteiger partial charge in [0.05, 0.1) is 0 Å². The predicted octanol–water partition coefficient (Wildman–Crippen LogP) is 2.57. The smallest absolute Gasteiger partial charge is 0.232 e. The number of nitrogens with zero attached hydrogens (tertiary/aromatic N) is 3. The van der Waals surface area contributed by atoms with Crippen molar-refractivity contribution in [2.45, 2.75) is 0 Å². The van der Waals surface area contributed by atoms with Crippen LogP contribution in [0.25, 0.3) is 0 Å². The predicted molar refractivity (Wildman–Crippen MR) is 66.3 cm³/mol. The summed E-state index contributed by atoms with van der Waals surface area (Å²) in [6.07, 6.45) is 3.31. The number of ketones is 1. The molecule has 4 nitrogen and oxygen atoms in total. The summed E-state index contributed by atoms with van der Waals surface area (Å²) in [7, 11) is 1.76. The summed E-state index contributed by atoms with van der Waals surface area (Å²) in [4.78, 5) is 16.1. The van der Waals surface area contributed by atoms with E-state index in [1.54, 1.807) is 36.3 Å². The fourth-order valence-electron chi connectivity index (χ4n) is 1.24. The van der Waals surface area contributed by atoms with Crippen LogP contribution in [0, 0.1) is 0 Å². The van der Waals surface area contributed by atoms with E-state index in [1.165, 1.54) is 0 Å². The lowest BCUT2D eigenvalue weighted by Crippen LogP contribution is -2.06. The van der Waals surface area contributed by atoms with Gasteiger partial charge in [-0.1, -0.05) is 0 Å². The molecule has 2 heterocycles. The first-order valence-corrected chi connectivity index (χ1v) is 6.02. The Morgan fingerprint density at radius 2 is 2.19 bits per heavy atom. The van der Waals surface area contributed by atoms with Crippen molar-refractivity contribution < 1.29 is 4.79 Å². The molecule has 2 aromatic rings. The lowest BCUT2D eigenvalue weighted by Gasteiger charge is -2.00. The Morgan fingerprint density at radius 3 is 2.75 bits per heavy atom. The molecule has 0 saturated heterocycles. The van der Waals surface area contributed by atoms with Crippen molar-refractivity contribution in [3.8, 4) is 0 Å². The quantitative estimate of drug-likeness (QED) is 0.787. The molecule has 0 aliphatic rings. The lowest BCUT2D eigenvalue weighted by molar-refractivity contribution is 0.102. The average molecular weight is 345 g/mol. The van der Waals surface area contributed by atoms with Crippen molar-refractivity contribution in [3.63, 3.8) is 0 Å². The fraction of sp³-hybridized carbons (Fsp3) is 0.100. The molecule has 0 radical (unpaired) electrons. The maximum absolute atomic E-state index is 12.0. The van der Waals surface area contributed by atoms with Crippen molar-refractivity contribution in [2.75, 3.05) is 0 Å². The Morgan fingerprint density at radius 1 is 1.44 bits per heavy atom. The molecule has 16 heavy (non-hydrogen) atoms. The molecule has 6 heteroatoms. The molecule has 0 atom stereocenters. The third-order valence-corrected chi connectivity index (χ3v) is 3.01. The van der Waals surface area contributed by atoms with Crippen molar-refractivity contribution in [1.82, 2.24) is 14.8 Å². The van der Waals surface area contributed by atoms with E-state index in [-0.39, 0.29) is 5.78 Å². The zero-order chi connectivity index (χ0) is 11.7. The molecule has 0 aromatic carbocycles. The van der Waals surface area contributed by atoms with E-state index in [2.05, 4.69) is 41.9 Å². The van der Waals surface area contributed by atoms with Gasteiger partial charge in [0.15, 0.2) is 0 Å². The van der Waals surface area contributed by atoms with Gasteiger partial charge in [-0.15, -0.1) is 0 Å². The largest absolute Gasteiger partial charge is 0.285 e. The first-order chi connectivity index (χ1) is 7.58. The minimum absolute atomic E-state index is 0.194. The van der Waals surface area contributed by atoms with Gasteiger partial charge < -0.3 is 0 Å². The molecule has 0 spiro atoms. The number of aromatic nitrogens is 3. The lowest BCUT2D eigenvalue weighted by atomic mass is 10.2. The molecular weight excluding hydrogens is 338 g/mol. The van der Waals surface area contributed by atoms with E-state index < -0.39 is 0 Å². The van der Waals surface area contributed by atoms with Crippen LogP contribution < -0.4 is 0 Å². The van der Waals surface area contributed by atoms with Crippen LogP contribution in [0.5, 0.6) is 0 Å². The summed E-state index contributed by atoms with van der Waals surface area (Å²) in [5, 5.41) is 4.05. The molecule has 2 rings (SSSR count). The molecule has 0 saturated carbocycles. The first kappa shape index (κ1) is 11.5. The summed E-state index contributed by atoms with van der Waals surface area (Å²) in [5.41, 5.74) is 0.750. The Balaban J connectivity index is 2.41. The van der Waals surface area contributed by atoms with Gasteiger partial charge in [-0.25, -0.2) is 0 Å². The highest BCUT2D eigenvalue weighted by molar-refractivity contribution is 9.11. The summed E-state index contributed by atoms with van der Waals surface area (Å²) >= 11 is 6.59. The topological polar surface area (TPSA) is 47.8 Å². The van der Waals surface area contributed by atoms with E-state index in [9.17, 15) is 4.79 Å². The van der Waals surface area contributed by atoms with Gasteiger partial charge in [0.1, 0.15) is 11.4 Å². The number of hydrogen-bond acceptors (Lipinski definition) is 3. The number of pyridine rings is 1. The van der Waals surface area contributed by atoms with Crippen LogP contribution in [0.3, 0.4) is 0 Å². The molecule has 2 aromatic heterocycles. The highest BCUT2D eigenvalue weighted by Crippen LogP contribution is 2.21. The minimum Gasteiger partial charge on any atom is -0.285 e. The molecule has 0 N–H and O–H groups in total. The third kappa shape index (κ3) is 2.22. The van der Waals surface area contributed by atoms with Crippen LogP contribution in [-0.4, -0.2) is 20.5 Å². The average Bonchev–Trinajstić information content (AvgIpc) is 2.64. The fourth-order valence-corrected chi connectivity index (χ4v) is 2.41. The van der Waals surface area contributed by atoms with Crippen molar-refractivity contribution in [2.24, 2.45) is 7.05 Å². The first-order valence-electron chi connectivity index (χ1n) is 4.43. The van der Waals surface area contributed by atoms with E-state index >= 15 is 0 Å². The zero-order valence-corrected chi connectivity index (χ0v) is 11.5. The van der Waals surface area contributed by atoms with Gasteiger partial charge in [0.2, 0.25) is 5.78 Å². The van der Waals surface area contributed by atoms with Gasteiger partial charge in [-0.2, -0.15) is 5.10 Å². The highest BCUT2D eigenvalue weighted by atomic mass is 79.9. The summed E-state index contributed by atoms with van der Waals surface area (Å²) in [5.74, 6) is -0.194. The van der Waals surface area contributed by atoms with Crippen LogP contribution >= 0.6 is 31.9 Å². The van der Waals surface area contributed by atoms with Gasteiger partial charge in [-0.05, 0) is 44.0 Å². The molecule has 82 valence electrons. The van der Waals surface area contributed by atoms with Crippen molar-refractivity contribution in [1.29, 1.82) is 0 Å². The molecule has 0 bridgehead atoms. The number of carbonyl (C=O) groups excluding carboxylic acids is 1. The van der Waals surface area contributed by atoms with E-state index in [4.69, 9.17) is 0 Å². The summed E-state index contributed by atoms with van der Waals surface area (Å²) in [6, 6.07) is 3.45. The zero-order valence-electron chi connectivity index (χ0n) is 8.32. The Labute approximate surface area is 109 Å². The molecule has 0 aliphatic heterocycles. The molecule has 0 unspecified atom stereocenters. The van der Waals surface area contributed by atoms with Gasteiger partial charge in [-0.3, -0.25) is 14.5 Å². The van der Waals surface area contributed by atoms with Crippen LogP contribution in [0.4, 0.5) is 0 Å². The number of rotatable bonds is 2. The van der Waals surface area contributed by atoms with Crippen molar-refractivity contribution in [3.05, 3.63) is 44.9 Å². The molecule has 0 amide bonds. The van der Waals surface area contributed by atoms with E-state index in [0.717, 1.165) is 4.47 Å². The maximum Gasteiger partial charge on any atom is 0.232 e. The van der Waals surface area contributed by atoms with E-state index in [1.807, 2.05) is 0 Å². The molecule has 0 aliphatic carbocycles. The number of hydrogen-bond donors (Lipinski definition) is 0. The van der Waals surface area contributed by atoms with Gasteiger partial charge in [0, 0.05) is 28.4 Å². The monoisotopic (exact) mass is 343 g/mol. The highest BCUT2D eigenvalue weighted by Gasteiger charge is 2.16. The number of halogens is 2. The Bertz CT molecular complexity index is 551. The van der Waals surface area contributed by atoms with Crippen LogP contribution in [-0.2, 0) is 7.05 Å². The number of aryl methyl sites for hydroxylation is 1. The van der Waals surface area contributed by atoms with Crippen LogP contribution in [0.1, 0.15) is 16.2 Å². The Hall–Kier alpha value is -1.01. The second kappa shape index (κ2) is 4.47. The minimum atomic E-state index is -0.194. The van der Waals surface area contributed by atoms with Crippen LogP contribution in [0.15, 0.2) is 33.5 Å². The Kier molecular flexibility index (Phi) is 3.20. The van der Waals surface area contributed by atoms with E-state index in [0.29, 0.717) is 15.9 Å². The van der Waals surface area contributed by atoms with Crippen molar-refractivity contribution >= 4 is 37.6 Å². The molecular formula is C10H7Br2N3O. The van der Waals surface area contributed by atoms with Gasteiger partial charge >= 0.3 is 0 Å².